The minimum atomic E-state index is -2.76. The zero-order valence-corrected chi connectivity index (χ0v) is 13.8. The van der Waals surface area contributed by atoms with Gasteiger partial charge in [0, 0.05) is 13.8 Å². The molecule has 0 aromatic carbocycles. The Morgan fingerprint density at radius 2 is 1.80 bits per heavy atom. The van der Waals surface area contributed by atoms with Crippen molar-refractivity contribution in [1.29, 1.82) is 0 Å². The van der Waals surface area contributed by atoms with Gasteiger partial charge in [0.15, 0.2) is 7.29 Å². The molecule has 0 aliphatic heterocycles. The highest BCUT2D eigenvalue weighted by molar-refractivity contribution is 7.60. The minimum Gasteiger partial charge on any atom is -0.427 e. The molecular weight excluding hydrogens is 285 g/mol. The van der Waals surface area contributed by atoms with E-state index in [4.69, 9.17) is 14.2 Å². The first-order chi connectivity index (χ1) is 8.99. The molecule has 0 radical (unpaired) electrons. The Labute approximate surface area is 119 Å². The maximum absolute atomic E-state index is 11.9. The molecule has 0 spiro atoms. The second kappa shape index (κ2) is 7.76. The summed E-state index contributed by atoms with van der Waals surface area (Å²) in [5, 5.41) is 2.64. The van der Waals surface area contributed by atoms with Crippen molar-refractivity contribution in [3.8, 4) is 0 Å². The first kappa shape index (κ1) is 19.1. The fraction of sp³-hybridized carbons (Fsp3) is 0.833. The molecule has 0 saturated heterocycles. The summed E-state index contributed by atoms with van der Waals surface area (Å²) in [4.78, 5) is 23.1. The van der Waals surface area contributed by atoms with Gasteiger partial charge in [-0.25, -0.2) is 0 Å². The third kappa shape index (κ3) is 7.62. The molecule has 2 atom stereocenters. The molecule has 0 fully saturated rings. The number of methoxy groups -OCH3 is 1. The van der Waals surface area contributed by atoms with Gasteiger partial charge in [-0.2, -0.15) is 0 Å². The number of hydrogen-bond donors (Lipinski definition) is 1. The molecular formula is C12H24NO6P. The van der Waals surface area contributed by atoms with Gasteiger partial charge in [-0.05, 0) is 27.7 Å². The molecule has 1 N–H and O–H groups in total. The highest BCUT2D eigenvalue weighted by Crippen LogP contribution is 2.36. The molecule has 0 aromatic heterocycles. The molecule has 0 aliphatic rings. The van der Waals surface area contributed by atoms with Crippen LogP contribution >= 0.6 is 7.29 Å². The van der Waals surface area contributed by atoms with Crippen LogP contribution in [0.5, 0.6) is 0 Å². The van der Waals surface area contributed by atoms with Gasteiger partial charge < -0.3 is 18.8 Å². The van der Waals surface area contributed by atoms with Crippen molar-refractivity contribution in [3.63, 3.8) is 0 Å². The van der Waals surface area contributed by atoms with Crippen molar-refractivity contribution in [2.75, 3.05) is 26.9 Å². The van der Waals surface area contributed by atoms with Crippen molar-refractivity contribution in [2.45, 2.75) is 33.7 Å². The van der Waals surface area contributed by atoms with Crippen LogP contribution in [0.3, 0.4) is 0 Å². The smallest absolute Gasteiger partial charge is 0.326 e. The van der Waals surface area contributed by atoms with Crippen LogP contribution in [0.4, 0.5) is 0 Å². The molecule has 118 valence electrons. The predicted octanol–water partition coefficient (Wildman–Crippen LogP) is 1.57. The van der Waals surface area contributed by atoms with Crippen molar-refractivity contribution in [3.05, 3.63) is 0 Å². The highest BCUT2D eigenvalue weighted by Gasteiger charge is 2.25. The Morgan fingerprint density at radius 3 is 2.25 bits per heavy atom. The van der Waals surface area contributed by atoms with E-state index in [0.29, 0.717) is 0 Å². The summed E-state index contributed by atoms with van der Waals surface area (Å²) < 4.78 is 26.3. The summed E-state index contributed by atoms with van der Waals surface area (Å²) >= 11 is 0. The number of esters is 2. The van der Waals surface area contributed by atoms with Crippen LogP contribution in [-0.4, -0.2) is 44.9 Å². The van der Waals surface area contributed by atoms with Crippen LogP contribution in [-0.2, 0) is 28.4 Å². The summed E-state index contributed by atoms with van der Waals surface area (Å²) in [6, 6.07) is -0.783. The lowest BCUT2D eigenvalue weighted by Crippen LogP contribution is -2.35. The summed E-state index contributed by atoms with van der Waals surface area (Å²) in [6.07, 6.45) is 0.0175. The summed E-state index contributed by atoms with van der Waals surface area (Å²) in [7, 11) is -1.34. The Kier molecular flexibility index (Phi) is 7.41. The van der Waals surface area contributed by atoms with Gasteiger partial charge in [-0.3, -0.25) is 14.7 Å². The van der Waals surface area contributed by atoms with Crippen molar-refractivity contribution in [1.82, 2.24) is 5.09 Å². The summed E-state index contributed by atoms with van der Waals surface area (Å²) in [5.41, 5.74) is -0.659. The quantitative estimate of drug-likeness (QED) is 0.433. The van der Waals surface area contributed by atoms with Crippen molar-refractivity contribution in [2.24, 2.45) is 5.41 Å². The zero-order valence-electron chi connectivity index (χ0n) is 12.9. The van der Waals surface area contributed by atoms with E-state index >= 15 is 0 Å². The zero-order chi connectivity index (χ0) is 16.0. The van der Waals surface area contributed by atoms with Gasteiger partial charge in [0.1, 0.15) is 12.4 Å². The normalized spacial score (nSPS) is 16.1. The van der Waals surface area contributed by atoms with Crippen LogP contribution in [0.2, 0.25) is 0 Å². The molecule has 0 saturated carbocycles. The fourth-order valence-corrected chi connectivity index (χ4v) is 2.72. The maximum atomic E-state index is 11.9. The van der Waals surface area contributed by atoms with Gasteiger partial charge in [0.05, 0.1) is 5.41 Å². The van der Waals surface area contributed by atoms with E-state index in [1.54, 1.807) is 20.8 Å². The van der Waals surface area contributed by atoms with Crippen molar-refractivity contribution >= 4 is 19.2 Å². The molecule has 8 heteroatoms. The first-order valence-corrected chi connectivity index (χ1v) is 8.50. The van der Waals surface area contributed by atoms with E-state index in [1.165, 1.54) is 20.7 Å². The monoisotopic (exact) mass is 309 g/mol. The standard InChI is InChI=1S/C12H24NO6P/c1-9(13-20(6,16)8-17-5)10(14)18-7-19-11(15)12(2,3)4/h9H,7-8H2,1-6H3,(H,13,16). The predicted molar refractivity (Wildman–Crippen MR) is 74.5 cm³/mol. The van der Waals surface area contributed by atoms with Crippen LogP contribution in [0, 0.1) is 5.41 Å². The topological polar surface area (TPSA) is 90.9 Å². The van der Waals surface area contributed by atoms with Crippen LogP contribution in [0.15, 0.2) is 0 Å². The minimum absolute atomic E-state index is 0.0175. The molecule has 20 heavy (non-hydrogen) atoms. The third-order valence-electron chi connectivity index (χ3n) is 2.20. The number of nitrogens with one attached hydrogen (secondary N) is 1. The van der Waals surface area contributed by atoms with E-state index in [-0.39, 0.29) is 6.35 Å². The first-order valence-electron chi connectivity index (χ1n) is 6.17. The largest absolute Gasteiger partial charge is 0.427 e. The summed E-state index contributed by atoms with van der Waals surface area (Å²) in [5.74, 6) is -1.11. The average molecular weight is 309 g/mol. The maximum Gasteiger partial charge on any atom is 0.326 e. The second-order valence-electron chi connectivity index (χ2n) is 5.63. The van der Waals surface area contributed by atoms with Gasteiger partial charge in [-0.1, -0.05) is 0 Å². The number of carbonyl (C=O) groups is 2. The second-order valence-corrected chi connectivity index (χ2v) is 8.35. The Bertz CT molecular complexity index is 390. The van der Waals surface area contributed by atoms with E-state index in [2.05, 4.69) is 5.09 Å². The average Bonchev–Trinajstić information content (AvgIpc) is 2.26. The van der Waals surface area contributed by atoms with E-state index in [1.807, 2.05) is 0 Å². The van der Waals surface area contributed by atoms with Crippen molar-refractivity contribution < 1.29 is 28.4 Å². The number of rotatable bonds is 7. The van der Waals surface area contributed by atoms with Gasteiger partial charge in [-0.15, -0.1) is 0 Å². The van der Waals surface area contributed by atoms with E-state index in [9.17, 15) is 14.2 Å². The van der Waals surface area contributed by atoms with Gasteiger partial charge in [0.25, 0.3) is 0 Å². The Morgan fingerprint density at radius 1 is 1.25 bits per heavy atom. The highest BCUT2D eigenvalue weighted by atomic mass is 31.2. The van der Waals surface area contributed by atoms with E-state index in [0.717, 1.165) is 0 Å². The van der Waals surface area contributed by atoms with E-state index < -0.39 is 37.5 Å². The summed E-state index contributed by atoms with van der Waals surface area (Å²) in [6.45, 7) is 7.61. The molecule has 0 amide bonds. The molecule has 0 rings (SSSR count). The third-order valence-corrected chi connectivity index (χ3v) is 3.88. The molecule has 0 bridgehead atoms. The molecule has 0 heterocycles. The molecule has 0 aliphatic carbocycles. The fourth-order valence-electron chi connectivity index (χ4n) is 1.23. The number of hydrogen-bond acceptors (Lipinski definition) is 6. The molecule has 0 aromatic rings. The lowest BCUT2D eigenvalue weighted by molar-refractivity contribution is -0.173. The number of ether oxygens (including phenoxy) is 3. The van der Waals surface area contributed by atoms with Crippen LogP contribution < -0.4 is 5.09 Å². The Hall–Kier alpha value is -0.910. The van der Waals surface area contributed by atoms with Gasteiger partial charge in [0.2, 0.25) is 6.79 Å². The Balaban J connectivity index is 4.16. The van der Waals surface area contributed by atoms with Crippen LogP contribution in [0.1, 0.15) is 27.7 Å². The molecule has 7 nitrogen and oxygen atoms in total. The van der Waals surface area contributed by atoms with Gasteiger partial charge >= 0.3 is 11.9 Å². The molecule has 2 unspecified atom stereocenters. The number of carbonyl (C=O) groups excluding carboxylic acids is 2. The SMILES string of the molecule is COCP(C)(=O)NC(C)C(=O)OCOC(=O)C(C)(C)C. The lowest BCUT2D eigenvalue weighted by Gasteiger charge is -2.20. The van der Waals surface area contributed by atoms with Crippen LogP contribution in [0.25, 0.3) is 0 Å². The lowest BCUT2D eigenvalue weighted by atomic mass is 9.98.